The molecule has 22 heavy (non-hydrogen) atoms. The van der Waals surface area contributed by atoms with Gasteiger partial charge in [-0.15, -0.1) is 11.3 Å². The molecule has 2 fully saturated rings. The van der Waals surface area contributed by atoms with E-state index < -0.39 is 0 Å². The molecule has 3 rings (SSSR count). The zero-order valence-corrected chi connectivity index (χ0v) is 13.4. The molecule has 0 bridgehead atoms. The number of thiazole rings is 1. The SMILES string of the molecule is O=C(Cc1csc(NC(=O)NC2CCCCC2)n1)NC1CC1. The van der Waals surface area contributed by atoms with Crippen LogP contribution < -0.4 is 16.0 Å². The van der Waals surface area contributed by atoms with Crippen LogP contribution in [0, 0.1) is 0 Å². The maximum absolute atomic E-state index is 11.9. The van der Waals surface area contributed by atoms with Crippen molar-refractivity contribution in [3.63, 3.8) is 0 Å². The van der Waals surface area contributed by atoms with Gasteiger partial charge in [0, 0.05) is 17.5 Å². The van der Waals surface area contributed by atoms with Crippen LogP contribution in [0.5, 0.6) is 0 Å². The summed E-state index contributed by atoms with van der Waals surface area (Å²) in [5.41, 5.74) is 0.705. The smallest absolute Gasteiger partial charge is 0.321 e. The number of carbonyl (C=O) groups excluding carboxylic acids is 2. The number of nitrogens with one attached hydrogen (secondary N) is 3. The first kappa shape index (κ1) is 15.3. The maximum atomic E-state index is 11.9. The summed E-state index contributed by atoms with van der Waals surface area (Å²) in [6.45, 7) is 0. The molecule has 0 atom stereocenters. The fourth-order valence-electron chi connectivity index (χ4n) is 2.68. The van der Waals surface area contributed by atoms with Gasteiger partial charge in [0.1, 0.15) is 0 Å². The van der Waals surface area contributed by atoms with Gasteiger partial charge in [0.25, 0.3) is 0 Å². The van der Waals surface area contributed by atoms with Gasteiger partial charge in [0.2, 0.25) is 5.91 Å². The standard InChI is InChI=1S/C15H22N4O2S/c20-13(16-11-6-7-11)8-12-9-22-15(18-12)19-14(21)17-10-4-2-1-3-5-10/h9-11H,1-8H2,(H,16,20)(H2,17,18,19,21). The van der Waals surface area contributed by atoms with Crippen LogP contribution in [0.4, 0.5) is 9.93 Å². The lowest BCUT2D eigenvalue weighted by Crippen LogP contribution is -2.39. The predicted octanol–water partition coefficient (Wildman–Crippen LogP) is 2.42. The van der Waals surface area contributed by atoms with E-state index in [0.717, 1.165) is 25.7 Å². The number of amides is 3. The molecule has 0 aliphatic heterocycles. The summed E-state index contributed by atoms with van der Waals surface area (Å²) in [7, 11) is 0. The Labute approximate surface area is 134 Å². The highest BCUT2D eigenvalue weighted by Gasteiger charge is 2.23. The molecule has 2 saturated carbocycles. The van der Waals surface area contributed by atoms with E-state index in [1.54, 1.807) is 0 Å². The first-order chi connectivity index (χ1) is 10.7. The van der Waals surface area contributed by atoms with E-state index in [-0.39, 0.29) is 24.4 Å². The predicted molar refractivity (Wildman–Crippen MR) is 86.0 cm³/mol. The molecule has 1 aromatic heterocycles. The van der Waals surface area contributed by atoms with Gasteiger partial charge in [-0.2, -0.15) is 0 Å². The largest absolute Gasteiger partial charge is 0.353 e. The van der Waals surface area contributed by atoms with Crippen LogP contribution >= 0.6 is 11.3 Å². The Morgan fingerprint density at radius 2 is 1.82 bits per heavy atom. The van der Waals surface area contributed by atoms with E-state index in [9.17, 15) is 9.59 Å². The minimum Gasteiger partial charge on any atom is -0.353 e. The molecule has 0 aromatic carbocycles. The van der Waals surface area contributed by atoms with Crippen LogP contribution in [0.2, 0.25) is 0 Å². The average Bonchev–Trinajstić information content (AvgIpc) is 3.19. The number of rotatable bonds is 5. The highest BCUT2D eigenvalue weighted by Crippen LogP contribution is 2.20. The topological polar surface area (TPSA) is 83.1 Å². The minimum atomic E-state index is -0.199. The number of urea groups is 1. The van der Waals surface area contributed by atoms with Crippen molar-refractivity contribution in [1.82, 2.24) is 15.6 Å². The van der Waals surface area contributed by atoms with Crippen molar-refractivity contribution >= 4 is 28.4 Å². The minimum absolute atomic E-state index is 0.00556. The molecule has 3 N–H and O–H groups in total. The van der Waals surface area contributed by atoms with Crippen molar-refractivity contribution in [3.05, 3.63) is 11.1 Å². The van der Waals surface area contributed by atoms with Crippen LogP contribution in [0.25, 0.3) is 0 Å². The summed E-state index contributed by atoms with van der Waals surface area (Å²) >= 11 is 1.35. The van der Waals surface area contributed by atoms with Crippen molar-refractivity contribution in [2.45, 2.75) is 63.5 Å². The van der Waals surface area contributed by atoms with Crippen molar-refractivity contribution in [1.29, 1.82) is 0 Å². The van der Waals surface area contributed by atoms with E-state index >= 15 is 0 Å². The van der Waals surface area contributed by atoms with E-state index in [2.05, 4.69) is 20.9 Å². The lowest BCUT2D eigenvalue weighted by Gasteiger charge is -2.22. The average molecular weight is 322 g/mol. The Morgan fingerprint density at radius 1 is 1.09 bits per heavy atom. The number of carbonyl (C=O) groups is 2. The molecule has 120 valence electrons. The third kappa shape index (κ3) is 4.69. The summed E-state index contributed by atoms with van der Waals surface area (Å²) in [4.78, 5) is 27.9. The van der Waals surface area contributed by atoms with E-state index in [0.29, 0.717) is 16.9 Å². The monoisotopic (exact) mass is 322 g/mol. The van der Waals surface area contributed by atoms with E-state index in [1.165, 1.54) is 30.6 Å². The van der Waals surface area contributed by atoms with Crippen LogP contribution in [-0.4, -0.2) is 29.0 Å². The van der Waals surface area contributed by atoms with Gasteiger partial charge in [-0.3, -0.25) is 10.1 Å². The molecule has 1 heterocycles. The van der Waals surface area contributed by atoms with Crippen molar-refractivity contribution in [2.75, 3.05) is 5.32 Å². The Hall–Kier alpha value is -1.63. The molecule has 3 amide bonds. The molecule has 0 unspecified atom stereocenters. The van der Waals surface area contributed by atoms with Gasteiger partial charge in [0.05, 0.1) is 12.1 Å². The number of anilines is 1. The fraction of sp³-hybridized carbons (Fsp3) is 0.667. The van der Waals surface area contributed by atoms with Crippen LogP contribution in [0.15, 0.2) is 5.38 Å². The van der Waals surface area contributed by atoms with Gasteiger partial charge >= 0.3 is 6.03 Å². The molecule has 1 aromatic rings. The Bertz CT molecular complexity index is 535. The molecule has 6 nitrogen and oxygen atoms in total. The molecule has 2 aliphatic carbocycles. The lowest BCUT2D eigenvalue weighted by molar-refractivity contribution is -0.120. The third-order valence-corrected chi connectivity index (χ3v) is 4.80. The van der Waals surface area contributed by atoms with Gasteiger partial charge in [-0.05, 0) is 25.7 Å². The summed E-state index contributed by atoms with van der Waals surface area (Å²) in [5.74, 6) is 0.00556. The van der Waals surface area contributed by atoms with Crippen LogP contribution in [0.3, 0.4) is 0 Å². The van der Waals surface area contributed by atoms with E-state index in [1.807, 2.05) is 5.38 Å². The van der Waals surface area contributed by atoms with Crippen molar-refractivity contribution in [3.8, 4) is 0 Å². The third-order valence-electron chi connectivity index (χ3n) is 4.00. The van der Waals surface area contributed by atoms with Crippen molar-refractivity contribution in [2.24, 2.45) is 0 Å². The molecule has 7 heteroatoms. The zero-order chi connectivity index (χ0) is 15.4. The quantitative estimate of drug-likeness (QED) is 0.778. The fourth-order valence-corrected chi connectivity index (χ4v) is 3.39. The summed E-state index contributed by atoms with van der Waals surface area (Å²) in [6.07, 6.45) is 8.17. The second kappa shape index (κ2) is 7.09. The highest BCUT2D eigenvalue weighted by molar-refractivity contribution is 7.13. The summed E-state index contributed by atoms with van der Waals surface area (Å²) in [6, 6.07) is 0.442. The Balaban J connectivity index is 1.43. The molecular weight excluding hydrogens is 300 g/mol. The molecule has 2 aliphatic rings. The Kier molecular flexibility index (Phi) is 4.92. The maximum Gasteiger partial charge on any atom is 0.321 e. The first-order valence-corrected chi connectivity index (χ1v) is 8.88. The number of aromatic nitrogens is 1. The normalized spacial score (nSPS) is 18.7. The van der Waals surface area contributed by atoms with E-state index in [4.69, 9.17) is 0 Å². The number of nitrogens with zero attached hydrogens (tertiary/aromatic N) is 1. The van der Waals surface area contributed by atoms with Crippen molar-refractivity contribution < 1.29 is 9.59 Å². The highest BCUT2D eigenvalue weighted by atomic mass is 32.1. The molecule has 0 spiro atoms. The Morgan fingerprint density at radius 3 is 2.55 bits per heavy atom. The van der Waals surface area contributed by atoms with Crippen LogP contribution in [0.1, 0.15) is 50.6 Å². The second-order valence-electron chi connectivity index (χ2n) is 6.10. The first-order valence-electron chi connectivity index (χ1n) is 8.00. The molecule has 0 radical (unpaired) electrons. The van der Waals surface area contributed by atoms with Gasteiger partial charge < -0.3 is 10.6 Å². The van der Waals surface area contributed by atoms with Gasteiger partial charge in [0.15, 0.2) is 5.13 Å². The van der Waals surface area contributed by atoms with Gasteiger partial charge in [-0.25, -0.2) is 9.78 Å². The molecular formula is C15H22N4O2S. The lowest BCUT2D eigenvalue weighted by atomic mass is 9.96. The van der Waals surface area contributed by atoms with Crippen LogP contribution in [-0.2, 0) is 11.2 Å². The summed E-state index contributed by atoms with van der Waals surface area (Å²) < 4.78 is 0. The molecule has 0 saturated heterocycles. The number of hydrogen-bond donors (Lipinski definition) is 3. The second-order valence-corrected chi connectivity index (χ2v) is 6.95. The number of hydrogen-bond acceptors (Lipinski definition) is 4. The zero-order valence-electron chi connectivity index (χ0n) is 12.6. The van der Waals surface area contributed by atoms with Gasteiger partial charge in [-0.1, -0.05) is 19.3 Å². The summed E-state index contributed by atoms with van der Waals surface area (Å²) in [5, 5.41) is 11.0.